The fourth-order valence-corrected chi connectivity index (χ4v) is 7.64. The van der Waals surface area contributed by atoms with Gasteiger partial charge in [-0.15, -0.1) is 0 Å². The Morgan fingerprint density at radius 3 is 1.65 bits per heavy atom. The van der Waals surface area contributed by atoms with E-state index < -0.39 is 64.8 Å². The second-order valence-electron chi connectivity index (χ2n) is 18.9. The van der Waals surface area contributed by atoms with Crippen LogP contribution in [0.2, 0.25) is 0 Å². The highest BCUT2D eigenvalue weighted by Crippen LogP contribution is 2.44. The molecule has 14 heteroatoms. The van der Waals surface area contributed by atoms with Crippen LogP contribution in [0.4, 0.5) is 4.79 Å². The van der Waals surface area contributed by atoms with E-state index in [0.717, 1.165) is 54.4 Å². The second kappa shape index (κ2) is 24.5. The highest BCUT2D eigenvalue weighted by atomic mass is 16.5. The smallest absolute Gasteiger partial charge is 0.408 e. The Labute approximate surface area is 375 Å². The molecule has 2 aromatic rings. The average Bonchev–Trinajstić information content (AvgIpc) is 3.52. The maximum atomic E-state index is 14.1. The summed E-state index contributed by atoms with van der Waals surface area (Å²) in [4.78, 5) is 93.3. The molecule has 6 N–H and O–H groups in total. The van der Waals surface area contributed by atoms with Gasteiger partial charge in [0.25, 0.3) is 0 Å². The van der Waals surface area contributed by atoms with Crippen molar-refractivity contribution < 1.29 is 38.3 Å². The summed E-state index contributed by atoms with van der Waals surface area (Å²) in [5.74, 6) is -3.05. The van der Waals surface area contributed by atoms with Gasteiger partial charge in [-0.2, -0.15) is 0 Å². The molecular weight excluding hydrogens is 801 g/mol. The molecule has 348 valence electrons. The molecular formula is C49H74N6O8. The number of amides is 6. The van der Waals surface area contributed by atoms with Gasteiger partial charge in [-0.05, 0) is 88.0 Å². The first kappa shape index (κ1) is 52.1. The molecule has 3 atom stereocenters. The van der Waals surface area contributed by atoms with Crippen LogP contribution in [0.3, 0.4) is 0 Å². The molecule has 6 amide bonds. The van der Waals surface area contributed by atoms with Gasteiger partial charge in [-0.3, -0.25) is 28.8 Å². The van der Waals surface area contributed by atoms with Crippen molar-refractivity contribution in [2.45, 2.75) is 169 Å². The minimum Gasteiger partial charge on any atom is -0.449 e. The number of alkyl carbamates (subject to hydrolysis) is 1. The first-order chi connectivity index (χ1) is 29.7. The Bertz CT molecular complexity index is 1850. The molecule has 14 nitrogen and oxygen atoms in total. The maximum absolute atomic E-state index is 14.1. The summed E-state index contributed by atoms with van der Waals surface area (Å²) in [6.45, 7) is 17.5. The van der Waals surface area contributed by atoms with Gasteiger partial charge in [0.15, 0.2) is 0 Å². The third kappa shape index (κ3) is 16.4. The minimum atomic E-state index is -1.49. The lowest BCUT2D eigenvalue weighted by Gasteiger charge is -2.32. The largest absolute Gasteiger partial charge is 0.449 e. The van der Waals surface area contributed by atoms with Gasteiger partial charge in [-0.25, -0.2) is 4.79 Å². The standard InChI is InChI=1S/C49H74N6O8/c1-11-12-13-14-15-16-25-39(52-46(61)49(9,10)55-47(62)63-30-38-36-23-19-17-21-34(36)35-22-18-20-24-37(35)38)43(58)51-41(29-32(4)5)44(59)54-48(7,8)45(60)53-40(28-31(2)3)42(57)50-27-26-33(6)56/h17-24,31-32,38-41H,11-16,25-30H2,1-10H3,(H,50,57)(H,51,58)(H,52,61)(H,53,60)(H,54,59)(H,55,62)/t39-,40-,41-/m0/s1. The molecule has 0 aliphatic heterocycles. The van der Waals surface area contributed by atoms with Crippen LogP contribution >= 0.6 is 0 Å². The van der Waals surface area contributed by atoms with Crippen LogP contribution in [0.5, 0.6) is 0 Å². The quantitative estimate of drug-likeness (QED) is 0.0569. The van der Waals surface area contributed by atoms with Crippen LogP contribution in [0.1, 0.15) is 150 Å². The molecule has 3 rings (SSSR count). The maximum Gasteiger partial charge on any atom is 0.408 e. The van der Waals surface area contributed by atoms with E-state index >= 15 is 0 Å². The highest BCUT2D eigenvalue weighted by molar-refractivity contribution is 5.98. The first-order valence-corrected chi connectivity index (χ1v) is 22.8. The van der Waals surface area contributed by atoms with Crippen LogP contribution in [-0.4, -0.2) is 83.8 Å². The number of unbranched alkanes of at least 4 members (excludes halogenated alkanes) is 5. The zero-order valence-corrected chi connectivity index (χ0v) is 39.3. The average molecular weight is 875 g/mol. The van der Waals surface area contributed by atoms with Crippen molar-refractivity contribution in [3.63, 3.8) is 0 Å². The van der Waals surface area contributed by atoms with E-state index in [4.69, 9.17) is 4.74 Å². The molecule has 0 fully saturated rings. The molecule has 1 aliphatic carbocycles. The molecule has 0 bridgehead atoms. The van der Waals surface area contributed by atoms with Crippen molar-refractivity contribution in [3.05, 3.63) is 59.7 Å². The zero-order valence-electron chi connectivity index (χ0n) is 39.3. The van der Waals surface area contributed by atoms with Gasteiger partial charge < -0.3 is 36.6 Å². The number of Topliss-reactive ketones (excluding diaryl/α,β-unsaturated/α-hetero) is 1. The summed E-state index contributed by atoms with van der Waals surface area (Å²) < 4.78 is 5.72. The Kier molecular flexibility index (Phi) is 20.3. The van der Waals surface area contributed by atoms with E-state index in [-0.39, 0.29) is 49.5 Å². The molecule has 0 unspecified atom stereocenters. The lowest BCUT2D eigenvalue weighted by Crippen LogP contribution is -2.63. The number of ether oxygens (including phenoxy) is 1. The molecule has 63 heavy (non-hydrogen) atoms. The fourth-order valence-electron chi connectivity index (χ4n) is 7.64. The Hall–Kier alpha value is -5.27. The number of carbonyl (C=O) groups excluding carboxylic acids is 7. The van der Waals surface area contributed by atoms with E-state index in [1.807, 2.05) is 76.2 Å². The highest BCUT2D eigenvalue weighted by Gasteiger charge is 2.38. The van der Waals surface area contributed by atoms with Crippen molar-refractivity contribution in [1.29, 1.82) is 0 Å². The van der Waals surface area contributed by atoms with Gasteiger partial charge in [0.05, 0.1) is 0 Å². The summed E-state index contributed by atoms with van der Waals surface area (Å²) in [5.41, 5.74) is 1.32. The topological polar surface area (TPSA) is 201 Å². The van der Waals surface area contributed by atoms with Gasteiger partial charge in [0, 0.05) is 18.9 Å². The molecule has 0 spiro atoms. The SMILES string of the molecule is CCCCCCCC[C@H](NC(=O)C(C)(C)NC(=O)OCC1c2ccccc2-c2ccccc21)C(=O)N[C@@H](CC(C)C)C(=O)NC(C)(C)C(=O)N[C@@H](CC(C)C)C(=O)NCCC(C)=O. The molecule has 0 radical (unpaired) electrons. The van der Waals surface area contributed by atoms with E-state index in [1.54, 1.807) is 0 Å². The number of ketones is 1. The van der Waals surface area contributed by atoms with Crippen molar-refractivity contribution in [3.8, 4) is 11.1 Å². The summed E-state index contributed by atoms with van der Waals surface area (Å²) in [7, 11) is 0. The number of benzene rings is 2. The number of rotatable bonds is 26. The lowest BCUT2D eigenvalue weighted by molar-refractivity contribution is -0.137. The summed E-state index contributed by atoms with van der Waals surface area (Å²) >= 11 is 0. The Morgan fingerprint density at radius 2 is 1.11 bits per heavy atom. The Balaban J connectivity index is 1.72. The second-order valence-corrected chi connectivity index (χ2v) is 18.9. The molecule has 0 heterocycles. The van der Waals surface area contributed by atoms with E-state index in [0.29, 0.717) is 19.3 Å². The zero-order chi connectivity index (χ0) is 46.9. The lowest BCUT2D eigenvalue weighted by atomic mass is 9.97. The summed E-state index contributed by atoms with van der Waals surface area (Å²) in [5, 5.41) is 16.6. The number of nitrogens with one attached hydrogen (secondary N) is 6. The van der Waals surface area contributed by atoms with Gasteiger partial charge in [-0.1, -0.05) is 122 Å². The van der Waals surface area contributed by atoms with Crippen molar-refractivity contribution in [2.75, 3.05) is 13.2 Å². The van der Waals surface area contributed by atoms with Crippen LogP contribution in [0.15, 0.2) is 48.5 Å². The monoisotopic (exact) mass is 875 g/mol. The van der Waals surface area contributed by atoms with Crippen molar-refractivity contribution in [2.24, 2.45) is 11.8 Å². The van der Waals surface area contributed by atoms with Crippen LogP contribution < -0.4 is 31.9 Å². The molecule has 0 aromatic heterocycles. The summed E-state index contributed by atoms with van der Waals surface area (Å²) in [6, 6.07) is 13.0. The predicted molar refractivity (Wildman–Crippen MR) is 246 cm³/mol. The number of hydrogen-bond donors (Lipinski definition) is 6. The first-order valence-electron chi connectivity index (χ1n) is 22.8. The van der Waals surface area contributed by atoms with Crippen LogP contribution in [0, 0.1) is 11.8 Å². The van der Waals surface area contributed by atoms with Crippen molar-refractivity contribution >= 4 is 41.4 Å². The van der Waals surface area contributed by atoms with Crippen LogP contribution in [-0.2, 0) is 33.5 Å². The predicted octanol–water partition coefficient (Wildman–Crippen LogP) is 6.59. The van der Waals surface area contributed by atoms with E-state index in [2.05, 4.69) is 38.8 Å². The number of carbonyl (C=O) groups is 7. The molecule has 1 aliphatic rings. The number of fused-ring (bicyclic) bond motifs is 3. The molecule has 0 saturated heterocycles. The van der Waals surface area contributed by atoms with E-state index in [1.165, 1.54) is 34.6 Å². The fraction of sp³-hybridized carbons (Fsp3) is 0.612. The van der Waals surface area contributed by atoms with Crippen LogP contribution in [0.25, 0.3) is 11.1 Å². The van der Waals surface area contributed by atoms with Gasteiger partial charge >= 0.3 is 6.09 Å². The molecule has 0 saturated carbocycles. The van der Waals surface area contributed by atoms with E-state index in [9.17, 15) is 33.6 Å². The minimum absolute atomic E-state index is 0.0425. The third-order valence-electron chi connectivity index (χ3n) is 11.2. The summed E-state index contributed by atoms with van der Waals surface area (Å²) in [6.07, 6.45) is 5.93. The number of hydrogen-bond acceptors (Lipinski definition) is 8. The third-order valence-corrected chi connectivity index (χ3v) is 11.2. The normalized spacial score (nSPS) is 13.8. The van der Waals surface area contributed by atoms with Gasteiger partial charge in [0.1, 0.15) is 41.6 Å². The Morgan fingerprint density at radius 1 is 0.619 bits per heavy atom. The molecule has 2 aromatic carbocycles. The van der Waals surface area contributed by atoms with Gasteiger partial charge in [0.2, 0.25) is 29.5 Å². The van der Waals surface area contributed by atoms with Crippen molar-refractivity contribution in [1.82, 2.24) is 31.9 Å².